The van der Waals surface area contributed by atoms with Crippen molar-refractivity contribution in [3.05, 3.63) is 47.4 Å². The van der Waals surface area contributed by atoms with Gasteiger partial charge in [0.2, 0.25) is 5.91 Å². The van der Waals surface area contributed by atoms with Gasteiger partial charge in [0.25, 0.3) is 0 Å². The van der Waals surface area contributed by atoms with Crippen molar-refractivity contribution < 1.29 is 18.3 Å². The molecule has 1 aromatic heterocycles. The first-order valence-electron chi connectivity index (χ1n) is 11.0. The summed E-state index contributed by atoms with van der Waals surface area (Å²) >= 11 is 0. The summed E-state index contributed by atoms with van der Waals surface area (Å²) in [5.41, 5.74) is 1.40. The molecule has 1 aromatic carbocycles. The predicted molar refractivity (Wildman–Crippen MR) is 116 cm³/mol. The van der Waals surface area contributed by atoms with Gasteiger partial charge in [-0.05, 0) is 31.2 Å². The van der Waals surface area contributed by atoms with Crippen molar-refractivity contribution in [3.63, 3.8) is 0 Å². The van der Waals surface area contributed by atoms with Gasteiger partial charge < -0.3 is 19.0 Å². The molecular formula is C23H33FN4O3. The SMILES string of the molecule is CCCCOc1ccc(CN(Cc2coc(C)n2)C(=O)CN2CCN(C)CC2)cc1F. The molecule has 0 aliphatic carbocycles. The van der Waals surface area contributed by atoms with E-state index in [0.717, 1.165) is 39.0 Å². The average Bonchev–Trinajstić information content (AvgIpc) is 3.15. The number of carbonyl (C=O) groups excluding carboxylic acids is 1. The van der Waals surface area contributed by atoms with Crippen molar-refractivity contribution in [3.8, 4) is 5.75 Å². The topological polar surface area (TPSA) is 62.1 Å². The van der Waals surface area contributed by atoms with E-state index in [9.17, 15) is 9.18 Å². The molecule has 31 heavy (non-hydrogen) atoms. The third-order valence-corrected chi connectivity index (χ3v) is 5.45. The standard InChI is InChI=1S/C23H33FN4O3/c1-4-5-12-30-22-7-6-19(13-21(22)24)14-28(15-20-17-31-18(2)25-20)23(29)16-27-10-8-26(3)9-11-27/h6-7,13,17H,4-5,8-12,14-16H2,1-3H3. The monoisotopic (exact) mass is 432 g/mol. The zero-order valence-electron chi connectivity index (χ0n) is 18.8. The number of oxazole rings is 1. The molecule has 170 valence electrons. The molecule has 2 aromatic rings. The van der Waals surface area contributed by atoms with Crippen LogP contribution in [0.3, 0.4) is 0 Å². The molecule has 0 unspecified atom stereocenters. The molecule has 0 atom stereocenters. The second kappa shape index (κ2) is 11.2. The highest BCUT2D eigenvalue weighted by atomic mass is 19.1. The van der Waals surface area contributed by atoms with Gasteiger partial charge in [0, 0.05) is 39.6 Å². The van der Waals surface area contributed by atoms with E-state index in [4.69, 9.17) is 9.15 Å². The minimum absolute atomic E-state index is 0.00566. The number of rotatable bonds is 10. The molecule has 1 aliphatic heterocycles. The summed E-state index contributed by atoms with van der Waals surface area (Å²) in [5.74, 6) is 0.395. The van der Waals surface area contributed by atoms with Crippen LogP contribution >= 0.6 is 0 Å². The Hall–Kier alpha value is -2.45. The van der Waals surface area contributed by atoms with Crippen LogP contribution in [0, 0.1) is 12.7 Å². The van der Waals surface area contributed by atoms with Crippen LogP contribution in [0.15, 0.2) is 28.9 Å². The Kier molecular flexibility index (Phi) is 8.43. The fraction of sp³-hybridized carbons (Fsp3) is 0.565. The molecule has 8 heteroatoms. The van der Waals surface area contributed by atoms with Gasteiger partial charge in [-0.1, -0.05) is 19.4 Å². The van der Waals surface area contributed by atoms with Gasteiger partial charge in [0.05, 0.1) is 25.4 Å². The Bertz CT molecular complexity index is 849. The van der Waals surface area contributed by atoms with Crippen LogP contribution in [-0.2, 0) is 17.9 Å². The molecule has 0 saturated carbocycles. The highest BCUT2D eigenvalue weighted by molar-refractivity contribution is 5.78. The van der Waals surface area contributed by atoms with E-state index >= 15 is 0 Å². The van der Waals surface area contributed by atoms with E-state index in [1.807, 2.05) is 6.07 Å². The summed E-state index contributed by atoms with van der Waals surface area (Å²) in [6.45, 7) is 8.89. The number of aromatic nitrogens is 1. The normalized spacial score (nSPS) is 15.2. The number of benzene rings is 1. The van der Waals surface area contributed by atoms with Gasteiger partial charge in [0.1, 0.15) is 6.26 Å². The third-order valence-electron chi connectivity index (χ3n) is 5.45. The van der Waals surface area contributed by atoms with Crippen molar-refractivity contribution in [2.45, 2.75) is 39.8 Å². The Morgan fingerprint density at radius 2 is 2.03 bits per heavy atom. The number of aryl methyl sites for hydroxylation is 1. The summed E-state index contributed by atoms with van der Waals surface area (Å²) in [5, 5.41) is 0. The van der Waals surface area contributed by atoms with Crippen LogP contribution in [0.1, 0.15) is 36.9 Å². The fourth-order valence-corrected chi connectivity index (χ4v) is 3.51. The Balaban J connectivity index is 1.68. The van der Waals surface area contributed by atoms with Gasteiger partial charge in [-0.25, -0.2) is 9.37 Å². The second-order valence-electron chi connectivity index (χ2n) is 8.15. The van der Waals surface area contributed by atoms with Gasteiger partial charge in [-0.15, -0.1) is 0 Å². The number of carbonyl (C=O) groups is 1. The maximum Gasteiger partial charge on any atom is 0.237 e. The number of halogens is 1. The number of piperazine rings is 1. The molecule has 0 N–H and O–H groups in total. The van der Waals surface area contributed by atoms with Gasteiger partial charge in [0.15, 0.2) is 17.5 Å². The lowest BCUT2D eigenvalue weighted by atomic mass is 10.2. The van der Waals surface area contributed by atoms with Gasteiger partial charge >= 0.3 is 0 Å². The summed E-state index contributed by atoms with van der Waals surface area (Å²) < 4.78 is 25.3. The van der Waals surface area contributed by atoms with Gasteiger partial charge in [-0.2, -0.15) is 0 Å². The van der Waals surface area contributed by atoms with Crippen molar-refractivity contribution in [1.82, 2.24) is 19.7 Å². The molecule has 3 rings (SSSR count). The van der Waals surface area contributed by atoms with E-state index in [-0.39, 0.29) is 11.7 Å². The van der Waals surface area contributed by atoms with Crippen molar-refractivity contribution in [2.24, 2.45) is 0 Å². The van der Waals surface area contributed by atoms with Crippen LogP contribution in [0.5, 0.6) is 5.75 Å². The minimum atomic E-state index is -0.405. The maximum absolute atomic E-state index is 14.5. The smallest absolute Gasteiger partial charge is 0.237 e. The van der Waals surface area contributed by atoms with Gasteiger partial charge in [-0.3, -0.25) is 9.69 Å². The number of hydrogen-bond donors (Lipinski definition) is 0. The predicted octanol–water partition coefficient (Wildman–Crippen LogP) is 3.08. The molecule has 1 saturated heterocycles. The maximum atomic E-state index is 14.5. The molecule has 1 aliphatic rings. The summed E-state index contributed by atoms with van der Waals surface area (Å²) in [7, 11) is 2.09. The number of hydrogen-bond acceptors (Lipinski definition) is 6. The highest BCUT2D eigenvalue weighted by Gasteiger charge is 2.22. The lowest BCUT2D eigenvalue weighted by molar-refractivity contribution is -0.134. The van der Waals surface area contributed by atoms with Crippen LogP contribution in [-0.4, -0.2) is 72.0 Å². The first-order valence-corrected chi connectivity index (χ1v) is 11.0. The Morgan fingerprint density at radius 3 is 2.68 bits per heavy atom. The molecule has 0 bridgehead atoms. The quantitative estimate of drug-likeness (QED) is 0.538. The second-order valence-corrected chi connectivity index (χ2v) is 8.15. The number of likely N-dealkylation sites (N-methyl/N-ethyl adjacent to an activating group) is 1. The fourth-order valence-electron chi connectivity index (χ4n) is 3.51. The number of ether oxygens (including phenoxy) is 1. The number of amides is 1. The molecule has 2 heterocycles. The first-order chi connectivity index (χ1) is 14.9. The minimum Gasteiger partial charge on any atom is -0.491 e. The lowest BCUT2D eigenvalue weighted by Crippen LogP contribution is -2.48. The lowest BCUT2D eigenvalue weighted by Gasteiger charge is -2.33. The number of nitrogens with zero attached hydrogens (tertiary/aromatic N) is 4. The van der Waals surface area contributed by atoms with Crippen LogP contribution in [0.25, 0.3) is 0 Å². The van der Waals surface area contributed by atoms with E-state index in [0.29, 0.717) is 43.4 Å². The molecular weight excluding hydrogens is 399 g/mol. The summed E-state index contributed by atoms with van der Waals surface area (Å²) in [6, 6.07) is 4.91. The van der Waals surface area contributed by atoms with Crippen LogP contribution in [0.2, 0.25) is 0 Å². The zero-order chi connectivity index (χ0) is 22.2. The third kappa shape index (κ3) is 7.04. The van der Waals surface area contributed by atoms with Crippen LogP contribution < -0.4 is 4.74 Å². The molecule has 0 radical (unpaired) electrons. The Labute approximate surface area is 183 Å². The zero-order valence-corrected chi connectivity index (χ0v) is 18.8. The average molecular weight is 433 g/mol. The molecule has 0 spiro atoms. The van der Waals surface area contributed by atoms with E-state index < -0.39 is 5.82 Å². The molecule has 1 fully saturated rings. The molecule has 7 nitrogen and oxygen atoms in total. The van der Waals surface area contributed by atoms with Crippen molar-refractivity contribution in [1.29, 1.82) is 0 Å². The van der Waals surface area contributed by atoms with E-state index in [1.54, 1.807) is 24.2 Å². The van der Waals surface area contributed by atoms with Crippen LogP contribution in [0.4, 0.5) is 4.39 Å². The first kappa shape index (κ1) is 23.2. The molecule has 1 amide bonds. The van der Waals surface area contributed by atoms with E-state index in [1.165, 1.54) is 6.07 Å². The number of unbranched alkanes of at least 4 members (excludes halogenated alkanes) is 1. The largest absolute Gasteiger partial charge is 0.491 e. The summed E-state index contributed by atoms with van der Waals surface area (Å²) in [6.07, 6.45) is 3.44. The van der Waals surface area contributed by atoms with Crippen molar-refractivity contribution >= 4 is 5.91 Å². The van der Waals surface area contributed by atoms with Crippen molar-refractivity contribution in [2.75, 3.05) is 46.4 Å². The summed E-state index contributed by atoms with van der Waals surface area (Å²) in [4.78, 5) is 23.6. The Morgan fingerprint density at radius 1 is 1.26 bits per heavy atom. The highest BCUT2D eigenvalue weighted by Crippen LogP contribution is 2.20. The van der Waals surface area contributed by atoms with E-state index in [2.05, 4.69) is 28.8 Å².